The maximum atomic E-state index is 13.1. The molecule has 34 heavy (non-hydrogen) atoms. The van der Waals surface area contributed by atoms with Crippen molar-refractivity contribution in [1.82, 2.24) is 5.32 Å². The Balaban J connectivity index is 1.67. The normalized spacial score (nSPS) is 14.9. The Kier molecular flexibility index (Phi) is 6.01. The van der Waals surface area contributed by atoms with Crippen molar-refractivity contribution in [2.24, 2.45) is 0 Å². The average Bonchev–Trinajstić information content (AvgIpc) is 3.25. The van der Waals surface area contributed by atoms with E-state index in [1.807, 2.05) is 0 Å². The van der Waals surface area contributed by atoms with Crippen LogP contribution in [0.15, 0.2) is 64.6 Å². The number of amides is 2. The molecule has 170 valence electrons. The standard InChI is InChI=1S/C23H13ClN2O7S/c24-17-7-3-12(22(31)32)9-15(17)18-8-6-14(33-18)10-16-19(27)25-23(34)26(20(16)28)13-4-1-11(2-5-13)21(29)30/h1-10H,(H,29,30)(H,31,32)(H,25,27,34)/b16-10+. The van der Waals surface area contributed by atoms with Gasteiger partial charge < -0.3 is 14.6 Å². The Bertz CT molecular complexity index is 1410. The predicted octanol–water partition coefficient (Wildman–Crippen LogP) is 3.83. The molecule has 9 nitrogen and oxygen atoms in total. The molecule has 11 heteroatoms. The second-order valence-electron chi connectivity index (χ2n) is 7.01. The van der Waals surface area contributed by atoms with Crippen LogP contribution in [0.4, 0.5) is 5.69 Å². The molecule has 3 aromatic rings. The number of carboxylic acids is 2. The lowest BCUT2D eigenvalue weighted by molar-refractivity contribution is -0.122. The SMILES string of the molecule is O=C1NC(=S)N(c2ccc(C(=O)O)cc2)C(=O)/C1=C/c1ccc(-c2cc(C(=O)O)ccc2Cl)o1. The molecule has 0 aliphatic carbocycles. The zero-order valence-electron chi connectivity index (χ0n) is 16.9. The number of hydrogen-bond donors (Lipinski definition) is 3. The average molecular weight is 497 g/mol. The summed E-state index contributed by atoms with van der Waals surface area (Å²) in [5, 5.41) is 20.8. The van der Waals surface area contributed by atoms with Gasteiger partial charge in [-0.25, -0.2) is 9.59 Å². The van der Waals surface area contributed by atoms with Gasteiger partial charge in [0, 0.05) is 5.56 Å². The van der Waals surface area contributed by atoms with E-state index in [9.17, 15) is 24.3 Å². The van der Waals surface area contributed by atoms with Crippen LogP contribution in [0.25, 0.3) is 17.4 Å². The van der Waals surface area contributed by atoms with Crippen LogP contribution in [0.5, 0.6) is 0 Å². The van der Waals surface area contributed by atoms with Gasteiger partial charge in [0.15, 0.2) is 5.11 Å². The first kappa shape index (κ1) is 22.9. The van der Waals surface area contributed by atoms with Crippen LogP contribution in [-0.4, -0.2) is 39.1 Å². The fourth-order valence-corrected chi connectivity index (χ4v) is 3.70. The lowest BCUT2D eigenvalue weighted by Gasteiger charge is -2.28. The van der Waals surface area contributed by atoms with Crippen molar-refractivity contribution in [3.63, 3.8) is 0 Å². The summed E-state index contributed by atoms with van der Waals surface area (Å²) in [6, 6.07) is 12.5. The van der Waals surface area contributed by atoms with Crippen molar-refractivity contribution in [3.8, 4) is 11.3 Å². The quantitative estimate of drug-likeness (QED) is 0.275. The smallest absolute Gasteiger partial charge is 0.335 e. The number of aromatic carboxylic acids is 2. The van der Waals surface area contributed by atoms with E-state index in [0.717, 1.165) is 4.90 Å². The first-order chi connectivity index (χ1) is 16.2. The van der Waals surface area contributed by atoms with Crippen LogP contribution in [0.1, 0.15) is 26.5 Å². The molecule has 4 rings (SSSR count). The summed E-state index contributed by atoms with van der Waals surface area (Å²) in [6.45, 7) is 0. The van der Waals surface area contributed by atoms with Crippen molar-refractivity contribution >= 4 is 64.4 Å². The molecule has 0 radical (unpaired) electrons. The fourth-order valence-electron chi connectivity index (χ4n) is 3.21. The minimum Gasteiger partial charge on any atom is -0.478 e. The third-order valence-electron chi connectivity index (χ3n) is 4.87. The van der Waals surface area contributed by atoms with Crippen LogP contribution in [0.2, 0.25) is 5.02 Å². The van der Waals surface area contributed by atoms with E-state index < -0.39 is 23.8 Å². The number of nitrogens with zero attached hydrogens (tertiary/aromatic N) is 1. The fraction of sp³-hybridized carbons (Fsp3) is 0. The summed E-state index contributed by atoms with van der Waals surface area (Å²) in [5.74, 6) is -3.36. The molecular weight excluding hydrogens is 484 g/mol. The monoisotopic (exact) mass is 496 g/mol. The second-order valence-corrected chi connectivity index (χ2v) is 7.81. The first-order valence-electron chi connectivity index (χ1n) is 9.53. The van der Waals surface area contributed by atoms with Gasteiger partial charge in [-0.3, -0.25) is 19.8 Å². The highest BCUT2D eigenvalue weighted by atomic mass is 35.5. The van der Waals surface area contributed by atoms with Gasteiger partial charge in [0.05, 0.1) is 21.8 Å². The summed E-state index contributed by atoms with van der Waals surface area (Å²) in [4.78, 5) is 48.9. The van der Waals surface area contributed by atoms with Gasteiger partial charge in [-0.15, -0.1) is 0 Å². The maximum absolute atomic E-state index is 13.1. The van der Waals surface area contributed by atoms with Crippen LogP contribution in [-0.2, 0) is 9.59 Å². The number of furan rings is 1. The highest BCUT2D eigenvalue weighted by Gasteiger charge is 2.34. The number of carboxylic acid groups (broad SMARTS) is 2. The number of carbonyl (C=O) groups is 4. The van der Waals surface area contributed by atoms with Crippen molar-refractivity contribution in [2.75, 3.05) is 4.90 Å². The Morgan fingerprint density at radius 1 is 0.971 bits per heavy atom. The number of anilines is 1. The topological polar surface area (TPSA) is 137 Å². The Labute approximate surface area is 201 Å². The number of hydrogen-bond acceptors (Lipinski definition) is 6. The largest absolute Gasteiger partial charge is 0.478 e. The maximum Gasteiger partial charge on any atom is 0.335 e. The van der Waals surface area contributed by atoms with Gasteiger partial charge >= 0.3 is 11.9 Å². The van der Waals surface area contributed by atoms with Crippen molar-refractivity contribution in [3.05, 3.63) is 82.1 Å². The molecule has 0 spiro atoms. The van der Waals surface area contributed by atoms with Gasteiger partial charge in [-0.2, -0.15) is 0 Å². The molecule has 2 amide bonds. The van der Waals surface area contributed by atoms with Crippen LogP contribution < -0.4 is 10.2 Å². The van der Waals surface area contributed by atoms with E-state index in [1.165, 1.54) is 60.7 Å². The first-order valence-corrected chi connectivity index (χ1v) is 10.3. The lowest BCUT2D eigenvalue weighted by Crippen LogP contribution is -2.54. The summed E-state index contributed by atoms with van der Waals surface area (Å²) < 4.78 is 5.69. The highest BCUT2D eigenvalue weighted by Crippen LogP contribution is 2.31. The van der Waals surface area contributed by atoms with Crippen molar-refractivity contribution in [1.29, 1.82) is 0 Å². The molecule has 1 saturated heterocycles. The molecule has 0 saturated carbocycles. The lowest BCUT2D eigenvalue weighted by atomic mass is 10.1. The van der Waals surface area contributed by atoms with Crippen molar-refractivity contribution < 1.29 is 33.8 Å². The Morgan fingerprint density at radius 3 is 2.26 bits per heavy atom. The molecule has 1 aliphatic rings. The zero-order chi connectivity index (χ0) is 24.6. The van der Waals surface area contributed by atoms with E-state index >= 15 is 0 Å². The van der Waals surface area contributed by atoms with Gasteiger partial charge in [0.2, 0.25) is 0 Å². The summed E-state index contributed by atoms with van der Waals surface area (Å²) in [5.41, 5.74) is 0.348. The van der Waals surface area contributed by atoms with E-state index in [0.29, 0.717) is 5.56 Å². The molecule has 1 aliphatic heterocycles. The summed E-state index contributed by atoms with van der Waals surface area (Å²) >= 11 is 11.3. The third-order valence-corrected chi connectivity index (χ3v) is 5.48. The number of benzene rings is 2. The second kappa shape index (κ2) is 8.93. The number of halogens is 1. The number of nitrogens with one attached hydrogen (secondary N) is 1. The number of carbonyl (C=O) groups excluding carboxylic acids is 2. The van der Waals surface area contributed by atoms with E-state index in [-0.39, 0.29) is 44.0 Å². The van der Waals surface area contributed by atoms with Crippen LogP contribution in [0.3, 0.4) is 0 Å². The van der Waals surface area contributed by atoms with Crippen molar-refractivity contribution in [2.45, 2.75) is 0 Å². The molecule has 3 N–H and O–H groups in total. The summed E-state index contributed by atoms with van der Waals surface area (Å²) in [6.07, 6.45) is 1.22. The Morgan fingerprint density at radius 2 is 1.62 bits per heavy atom. The van der Waals surface area contributed by atoms with Gasteiger partial charge in [-0.1, -0.05) is 11.6 Å². The highest BCUT2D eigenvalue weighted by molar-refractivity contribution is 7.80. The molecule has 1 aromatic heterocycles. The minimum atomic E-state index is -1.14. The number of thiocarbonyl (C=S) groups is 1. The minimum absolute atomic E-state index is 0.00983. The van der Waals surface area contributed by atoms with Gasteiger partial charge in [0.1, 0.15) is 17.1 Å². The van der Waals surface area contributed by atoms with Gasteiger partial charge in [-0.05, 0) is 72.9 Å². The van der Waals surface area contributed by atoms with Crippen LogP contribution >= 0.6 is 23.8 Å². The Hall–Kier alpha value is -4.28. The summed E-state index contributed by atoms with van der Waals surface area (Å²) in [7, 11) is 0. The third kappa shape index (κ3) is 4.32. The number of rotatable bonds is 5. The van der Waals surface area contributed by atoms with E-state index in [4.69, 9.17) is 33.3 Å². The zero-order valence-corrected chi connectivity index (χ0v) is 18.5. The van der Waals surface area contributed by atoms with E-state index in [2.05, 4.69) is 5.32 Å². The molecular formula is C23H13ClN2O7S. The predicted molar refractivity (Wildman–Crippen MR) is 126 cm³/mol. The molecule has 0 unspecified atom stereocenters. The molecule has 0 atom stereocenters. The van der Waals surface area contributed by atoms with E-state index in [1.54, 1.807) is 0 Å². The van der Waals surface area contributed by atoms with Gasteiger partial charge in [0.25, 0.3) is 11.8 Å². The molecule has 1 fully saturated rings. The molecule has 2 aromatic carbocycles. The molecule has 0 bridgehead atoms. The van der Waals surface area contributed by atoms with Crippen LogP contribution in [0, 0.1) is 0 Å². The molecule has 2 heterocycles.